The van der Waals surface area contributed by atoms with E-state index in [-0.39, 0.29) is 0 Å². The molecule has 0 radical (unpaired) electrons. The van der Waals surface area contributed by atoms with E-state index in [1.54, 1.807) is 0 Å². The molecule has 0 saturated carbocycles. The standard InChI is InChI=1S/C75H53N5Si2/c1-7-25-57(26-8-1)81(58-27-9-2-10-28-58,59-29-11-3-12-30-59)63-48-43-54(44-49-63)73-76-74(55-45-50-64(51-46-55)82(60-31-13-4-14-32-60,61-33-15-5-16-34-61)62-35-17-6-18-36-62)78-75(77-73)80-71-42-24-21-39-67(71)68-53-56(47-52-72(68)80)79-69-40-22-19-37-65(69)66-38-20-23-41-70(66)79/h1-53H. The number of hydrogen-bond donors (Lipinski definition) is 0. The van der Waals surface area contributed by atoms with Gasteiger partial charge >= 0.3 is 0 Å². The molecule has 0 bridgehead atoms. The van der Waals surface area contributed by atoms with Crippen molar-refractivity contribution in [2.24, 2.45) is 0 Å². The third-order valence-electron chi connectivity index (χ3n) is 16.7. The van der Waals surface area contributed by atoms with Crippen LogP contribution in [-0.4, -0.2) is 40.2 Å². The molecule has 0 unspecified atom stereocenters. The second-order valence-corrected chi connectivity index (χ2v) is 28.7. The van der Waals surface area contributed by atoms with E-state index in [0.29, 0.717) is 17.6 Å². The fourth-order valence-corrected chi connectivity index (χ4v) is 22.6. The van der Waals surface area contributed by atoms with Crippen molar-refractivity contribution in [2.75, 3.05) is 0 Å². The highest BCUT2D eigenvalue weighted by molar-refractivity contribution is 7.20. The van der Waals surface area contributed by atoms with Gasteiger partial charge in [-0.3, -0.25) is 4.57 Å². The first-order valence-corrected chi connectivity index (χ1v) is 32.0. The van der Waals surface area contributed by atoms with Crippen LogP contribution in [0.4, 0.5) is 0 Å². The van der Waals surface area contributed by atoms with Gasteiger partial charge in [0, 0.05) is 38.4 Å². The maximum Gasteiger partial charge on any atom is 0.238 e. The van der Waals surface area contributed by atoms with Crippen molar-refractivity contribution in [1.82, 2.24) is 24.1 Å². The van der Waals surface area contributed by atoms with Crippen LogP contribution < -0.4 is 41.5 Å². The highest BCUT2D eigenvalue weighted by Gasteiger charge is 2.43. The zero-order valence-electron chi connectivity index (χ0n) is 44.8. The van der Waals surface area contributed by atoms with Gasteiger partial charge in [0.1, 0.15) is 0 Å². The number of para-hydroxylation sites is 3. The third kappa shape index (κ3) is 7.92. The summed E-state index contributed by atoms with van der Waals surface area (Å²) >= 11 is 0. The quantitative estimate of drug-likeness (QED) is 0.0905. The fraction of sp³-hybridized carbons (Fsp3) is 0. The predicted octanol–water partition coefficient (Wildman–Crippen LogP) is 12.2. The summed E-state index contributed by atoms with van der Waals surface area (Å²) in [5.74, 6) is 1.74. The van der Waals surface area contributed by atoms with Crippen LogP contribution in [0.5, 0.6) is 0 Å². The highest BCUT2D eigenvalue weighted by Crippen LogP contribution is 2.37. The Morgan fingerprint density at radius 2 is 0.500 bits per heavy atom. The summed E-state index contributed by atoms with van der Waals surface area (Å²) in [6.07, 6.45) is 0. The van der Waals surface area contributed by atoms with Crippen LogP contribution in [-0.2, 0) is 0 Å². The molecular weight excluding hydrogens is 1030 g/mol. The molecule has 0 saturated heterocycles. The molecule has 386 valence electrons. The molecule has 7 heteroatoms. The minimum Gasteiger partial charge on any atom is -0.309 e. The summed E-state index contributed by atoms with van der Waals surface area (Å²) in [4.78, 5) is 16.5. The summed E-state index contributed by atoms with van der Waals surface area (Å²) in [7, 11) is -5.62. The summed E-state index contributed by atoms with van der Waals surface area (Å²) in [6, 6.07) is 117. The molecule has 0 aliphatic heterocycles. The molecule has 0 atom stereocenters. The van der Waals surface area contributed by atoms with Crippen LogP contribution in [0.3, 0.4) is 0 Å². The highest BCUT2D eigenvalue weighted by atomic mass is 28.3. The molecule has 0 aliphatic rings. The lowest BCUT2D eigenvalue weighted by atomic mass is 10.1. The fourth-order valence-electron chi connectivity index (χ4n) is 13.1. The Hall–Kier alpha value is -10.3. The van der Waals surface area contributed by atoms with Gasteiger partial charge in [0.2, 0.25) is 5.95 Å². The molecule has 15 rings (SSSR count). The average molecular weight is 1080 g/mol. The molecule has 3 heterocycles. The van der Waals surface area contributed by atoms with Crippen LogP contribution in [0, 0.1) is 0 Å². The van der Waals surface area contributed by atoms with Gasteiger partial charge < -0.3 is 4.57 Å². The van der Waals surface area contributed by atoms with E-state index in [4.69, 9.17) is 15.0 Å². The van der Waals surface area contributed by atoms with E-state index in [0.717, 1.165) is 38.6 Å². The lowest BCUT2D eigenvalue weighted by Crippen LogP contribution is -2.74. The monoisotopic (exact) mass is 1080 g/mol. The van der Waals surface area contributed by atoms with Crippen LogP contribution in [0.2, 0.25) is 0 Å². The lowest BCUT2D eigenvalue weighted by Gasteiger charge is -2.34. The second-order valence-electron chi connectivity index (χ2n) is 21.1. The maximum absolute atomic E-state index is 5.52. The van der Waals surface area contributed by atoms with Crippen molar-refractivity contribution in [3.05, 3.63) is 322 Å². The Balaban J connectivity index is 0.937. The largest absolute Gasteiger partial charge is 0.309 e. The van der Waals surface area contributed by atoms with Gasteiger partial charge in [0.05, 0.1) is 22.1 Å². The van der Waals surface area contributed by atoms with Crippen molar-refractivity contribution in [1.29, 1.82) is 0 Å². The molecule has 0 aliphatic carbocycles. The normalized spacial score (nSPS) is 11.9. The summed E-state index contributed by atoms with van der Waals surface area (Å²) in [5, 5.41) is 15.1. The predicted molar refractivity (Wildman–Crippen MR) is 347 cm³/mol. The van der Waals surface area contributed by atoms with Crippen molar-refractivity contribution in [2.45, 2.75) is 0 Å². The smallest absolute Gasteiger partial charge is 0.238 e. The minimum absolute atomic E-state index is 0.548. The molecule has 12 aromatic carbocycles. The van der Waals surface area contributed by atoms with E-state index in [2.05, 4.69) is 331 Å². The van der Waals surface area contributed by atoms with Gasteiger partial charge in [-0.25, -0.2) is 4.98 Å². The van der Waals surface area contributed by atoms with Gasteiger partial charge in [-0.05, 0) is 77.9 Å². The zero-order valence-corrected chi connectivity index (χ0v) is 46.8. The van der Waals surface area contributed by atoms with Gasteiger partial charge in [-0.15, -0.1) is 0 Å². The molecular formula is C75H53N5Si2. The third-order valence-corrected chi connectivity index (χ3v) is 26.3. The van der Waals surface area contributed by atoms with E-state index >= 15 is 0 Å². The Bertz CT molecular complexity index is 4330. The molecule has 0 N–H and O–H groups in total. The topological polar surface area (TPSA) is 48.5 Å². The van der Waals surface area contributed by atoms with Gasteiger partial charge in [-0.2, -0.15) is 9.97 Å². The zero-order chi connectivity index (χ0) is 54.5. The molecule has 0 fully saturated rings. The number of fused-ring (bicyclic) bond motifs is 6. The maximum atomic E-state index is 5.52. The van der Waals surface area contributed by atoms with E-state index in [1.165, 1.54) is 63.3 Å². The summed E-state index contributed by atoms with van der Waals surface area (Å²) in [5.41, 5.74) is 7.26. The number of hydrogen-bond acceptors (Lipinski definition) is 3. The molecule has 5 nitrogen and oxygen atoms in total. The Morgan fingerprint density at radius 1 is 0.220 bits per heavy atom. The molecule has 82 heavy (non-hydrogen) atoms. The number of aromatic nitrogens is 5. The van der Waals surface area contributed by atoms with Crippen LogP contribution in [0.15, 0.2) is 322 Å². The second kappa shape index (κ2) is 20.4. The Kier molecular flexibility index (Phi) is 12.1. The number of rotatable bonds is 12. The van der Waals surface area contributed by atoms with E-state index in [9.17, 15) is 0 Å². The summed E-state index contributed by atoms with van der Waals surface area (Å²) in [6.45, 7) is 0. The van der Waals surface area contributed by atoms with E-state index < -0.39 is 16.1 Å². The molecule has 15 aromatic rings. The van der Waals surface area contributed by atoms with Gasteiger partial charge in [0.25, 0.3) is 0 Å². The first-order chi connectivity index (χ1) is 40.7. The first kappa shape index (κ1) is 48.8. The van der Waals surface area contributed by atoms with Gasteiger partial charge in [0.15, 0.2) is 27.8 Å². The average Bonchev–Trinajstić information content (AvgIpc) is 4.24. The Labute approximate surface area is 478 Å². The van der Waals surface area contributed by atoms with Crippen molar-refractivity contribution in [3.63, 3.8) is 0 Å². The molecule has 3 aromatic heterocycles. The van der Waals surface area contributed by atoms with Crippen molar-refractivity contribution >= 4 is 101 Å². The van der Waals surface area contributed by atoms with E-state index in [1.807, 2.05) is 0 Å². The van der Waals surface area contributed by atoms with Crippen molar-refractivity contribution < 1.29 is 0 Å². The van der Waals surface area contributed by atoms with Crippen LogP contribution >= 0.6 is 0 Å². The van der Waals surface area contributed by atoms with Crippen LogP contribution in [0.1, 0.15) is 0 Å². The number of nitrogens with zero attached hydrogens (tertiary/aromatic N) is 5. The first-order valence-electron chi connectivity index (χ1n) is 28.0. The number of benzene rings is 12. The minimum atomic E-state index is -2.81. The van der Waals surface area contributed by atoms with Gasteiger partial charge in [-0.1, -0.05) is 285 Å². The molecule has 0 spiro atoms. The Morgan fingerprint density at radius 3 is 0.854 bits per heavy atom. The SMILES string of the molecule is c1ccc([Si](c2ccccc2)(c2ccccc2)c2ccc(-c3nc(-c4ccc([Si](c5ccccc5)(c5ccccc5)c5ccccc5)cc4)nc(-n4c5ccccc5c5cc(-n6c7ccccc7c7ccccc76)ccc54)n3)cc2)cc1. The van der Waals surface area contributed by atoms with Crippen LogP contribution in [0.25, 0.3) is 78.0 Å². The van der Waals surface area contributed by atoms with Crippen molar-refractivity contribution in [3.8, 4) is 34.4 Å². The molecule has 0 amide bonds. The lowest BCUT2D eigenvalue weighted by molar-refractivity contribution is 0.953. The summed E-state index contributed by atoms with van der Waals surface area (Å²) < 4.78 is 4.62.